The minimum Gasteiger partial charge on any atom is -0.480 e. The number of nitrogens with one attached hydrogen (secondary N) is 1. The molecule has 1 rings (SSSR count). The molecule has 0 aliphatic heterocycles. The lowest BCUT2D eigenvalue weighted by molar-refractivity contribution is -0.143. The lowest BCUT2D eigenvalue weighted by Crippen LogP contribution is -2.45. The van der Waals surface area contributed by atoms with E-state index >= 15 is 0 Å². The highest BCUT2D eigenvalue weighted by Gasteiger charge is 2.25. The van der Waals surface area contributed by atoms with E-state index < -0.39 is 12.0 Å². The standard InChI is InChI=1S/C12H18N2O3S/c1-4-7(2)11(12(16)17)14-10(15)5-9-6-18-8(3)13-9/h6-7,11H,4-5H2,1-3H3,(H,14,15)(H,16,17)/t7-,11-/m0/s1. The quantitative estimate of drug-likeness (QED) is 0.823. The number of nitrogens with zero attached hydrogens (tertiary/aromatic N) is 1. The molecular weight excluding hydrogens is 252 g/mol. The molecule has 2 N–H and O–H groups in total. The summed E-state index contributed by atoms with van der Waals surface area (Å²) in [4.78, 5) is 27.0. The Morgan fingerprint density at radius 1 is 1.56 bits per heavy atom. The van der Waals surface area contributed by atoms with Crippen LogP contribution in [0.5, 0.6) is 0 Å². The molecule has 0 bridgehead atoms. The fourth-order valence-electron chi connectivity index (χ4n) is 1.56. The van der Waals surface area contributed by atoms with Crippen LogP contribution >= 0.6 is 11.3 Å². The first-order valence-corrected chi connectivity index (χ1v) is 6.75. The van der Waals surface area contributed by atoms with Crippen molar-refractivity contribution in [3.05, 3.63) is 16.1 Å². The predicted octanol–water partition coefficient (Wildman–Crippen LogP) is 1.61. The van der Waals surface area contributed by atoms with E-state index in [9.17, 15) is 9.59 Å². The van der Waals surface area contributed by atoms with E-state index in [-0.39, 0.29) is 18.2 Å². The van der Waals surface area contributed by atoms with Crippen molar-refractivity contribution < 1.29 is 14.7 Å². The number of thiazole rings is 1. The van der Waals surface area contributed by atoms with Gasteiger partial charge in [0.1, 0.15) is 6.04 Å². The number of rotatable bonds is 6. The Bertz CT molecular complexity index is 431. The van der Waals surface area contributed by atoms with Crippen molar-refractivity contribution in [1.29, 1.82) is 0 Å². The van der Waals surface area contributed by atoms with Crippen LogP contribution < -0.4 is 5.32 Å². The van der Waals surface area contributed by atoms with E-state index in [4.69, 9.17) is 5.11 Å². The summed E-state index contributed by atoms with van der Waals surface area (Å²) in [6, 6.07) is -0.831. The zero-order valence-electron chi connectivity index (χ0n) is 10.8. The summed E-state index contributed by atoms with van der Waals surface area (Å²) in [6.07, 6.45) is 0.831. The Morgan fingerprint density at radius 2 is 2.22 bits per heavy atom. The normalized spacial score (nSPS) is 13.9. The van der Waals surface area contributed by atoms with Crippen LogP contribution in [0.4, 0.5) is 0 Å². The lowest BCUT2D eigenvalue weighted by atomic mass is 9.99. The van der Waals surface area contributed by atoms with Gasteiger partial charge in [0.05, 0.1) is 17.1 Å². The van der Waals surface area contributed by atoms with Crippen molar-refractivity contribution in [2.75, 3.05) is 0 Å². The zero-order valence-corrected chi connectivity index (χ0v) is 11.6. The number of aromatic nitrogens is 1. The lowest BCUT2D eigenvalue weighted by Gasteiger charge is -2.19. The first kappa shape index (κ1) is 14.6. The molecule has 0 aliphatic rings. The molecule has 0 spiro atoms. The number of carboxylic acid groups (broad SMARTS) is 1. The molecule has 5 nitrogen and oxygen atoms in total. The first-order valence-electron chi connectivity index (χ1n) is 5.87. The topological polar surface area (TPSA) is 79.3 Å². The molecule has 0 radical (unpaired) electrons. The molecule has 1 amide bonds. The largest absolute Gasteiger partial charge is 0.480 e. The van der Waals surface area contributed by atoms with Crippen LogP contribution in [0.3, 0.4) is 0 Å². The van der Waals surface area contributed by atoms with E-state index in [0.29, 0.717) is 12.1 Å². The van der Waals surface area contributed by atoms with Gasteiger partial charge in [-0.3, -0.25) is 4.79 Å². The van der Waals surface area contributed by atoms with Crippen LogP contribution in [-0.2, 0) is 16.0 Å². The molecule has 0 unspecified atom stereocenters. The number of hydrogen-bond donors (Lipinski definition) is 2. The molecule has 0 aliphatic carbocycles. The minimum absolute atomic E-state index is 0.0939. The smallest absolute Gasteiger partial charge is 0.326 e. The van der Waals surface area contributed by atoms with Gasteiger partial charge in [-0.15, -0.1) is 11.3 Å². The van der Waals surface area contributed by atoms with Gasteiger partial charge in [-0.05, 0) is 12.8 Å². The Morgan fingerprint density at radius 3 is 2.67 bits per heavy atom. The van der Waals surface area contributed by atoms with Crippen LogP contribution in [0.2, 0.25) is 0 Å². The first-order chi connectivity index (χ1) is 8.43. The fraction of sp³-hybridized carbons (Fsp3) is 0.583. The van der Waals surface area contributed by atoms with Crippen molar-refractivity contribution >= 4 is 23.2 Å². The molecule has 1 aromatic heterocycles. The third-order valence-electron chi connectivity index (χ3n) is 2.80. The van der Waals surface area contributed by atoms with Crippen molar-refractivity contribution in [2.24, 2.45) is 5.92 Å². The molecule has 0 aromatic carbocycles. The summed E-state index contributed by atoms with van der Waals surface area (Å²) >= 11 is 1.47. The second kappa shape index (κ2) is 6.49. The number of carboxylic acids is 1. The molecule has 0 saturated heterocycles. The highest BCUT2D eigenvalue weighted by molar-refractivity contribution is 7.09. The number of hydrogen-bond acceptors (Lipinski definition) is 4. The molecule has 1 aromatic rings. The monoisotopic (exact) mass is 270 g/mol. The van der Waals surface area contributed by atoms with Crippen molar-refractivity contribution in [1.82, 2.24) is 10.3 Å². The number of aliphatic carboxylic acids is 1. The van der Waals surface area contributed by atoms with Crippen LogP contribution in [0.25, 0.3) is 0 Å². The van der Waals surface area contributed by atoms with Crippen molar-refractivity contribution in [3.63, 3.8) is 0 Å². The van der Waals surface area contributed by atoms with Gasteiger partial charge < -0.3 is 10.4 Å². The van der Waals surface area contributed by atoms with E-state index in [1.165, 1.54) is 11.3 Å². The van der Waals surface area contributed by atoms with Crippen LogP contribution in [-0.4, -0.2) is 28.0 Å². The Hall–Kier alpha value is -1.43. The molecule has 6 heteroatoms. The second-order valence-corrected chi connectivity index (χ2v) is 5.37. The van der Waals surface area contributed by atoms with Crippen LogP contribution in [0.1, 0.15) is 31.0 Å². The summed E-state index contributed by atoms with van der Waals surface area (Å²) in [6.45, 7) is 5.58. The summed E-state index contributed by atoms with van der Waals surface area (Å²) in [7, 11) is 0. The van der Waals surface area contributed by atoms with Gasteiger partial charge in [0.15, 0.2) is 0 Å². The van der Waals surface area contributed by atoms with E-state index in [1.54, 1.807) is 0 Å². The van der Waals surface area contributed by atoms with Crippen LogP contribution in [0, 0.1) is 12.8 Å². The Labute approximate surface area is 110 Å². The number of amides is 1. The number of carbonyl (C=O) groups is 2. The molecule has 2 atom stereocenters. The van der Waals surface area contributed by atoms with E-state index in [0.717, 1.165) is 5.01 Å². The average Bonchev–Trinajstić information content (AvgIpc) is 2.70. The molecular formula is C12H18N2O3S. The average molecular weight is 270 g/mol. The van der Waals surface area contributed by atoms with Gasteiger partial charge in [0, 0.05) is 5.38 Å². The summed E-state index contributed by atoms with van der Waals surface area (Å²) in [5.74, 6) is -1.39. The Kier molecular flexibility index (Phi) is 5.27. The van der Waals surface area contributed by atoms with Crippen molar-refractivity contribution in [2.45, 2.75) is 39.7 Å². The van der Waals surface area contributed by atoms with Crippen LogP contribution in [0.15, 0.2) is 5.38 Å². The molecule has 0 saturated carbocycles. The summed E-state index contributed by atoms with van der Waals surface area (Å²) in [5.41, 5.74) is 0.684. The predicted molar refractivity (Wildman–Crippen MR) is 69.6 cm³/mol. The summed E-state index contributed by atoms with van der Waals surface area (Å²) < 4.78 is 0. The van der Waals surface area contributed by atoms with Gasteiger partial charge in [0.2, 0.25) is 5.91 Å². The zero-order chi connectivity index (χ0) is 13.7. The van der Waals surface area contributed by atoms with Gasteiger partial charge in [-0.1, -0.05) is 20.3 Å². The Balaban J connectivity index is 2.59. The minimum atomic E-state index is -0.993. The van der Waals surface area contributed by atoms with Gasteiger partial charge >= 0.3 is 5.97 Å². The highest BCUT2D eigenvalue weighted by atomic mass is 32.1. The van der Waals surface area contributed by atoms with Gasteiger partial charge in [-0.2, -0.15) is 0 Å². The fourth-order valence-corrected chi connectivity index (χ4v) is 2.17. The maximum atomic E-state index is 11.7. The molecule has 100 valence electrons. The maximum absolute atomic E-state index is 11.7. The molecule has 1 heterocycles. The molecule has 18 heavy (non-hydrogen) atoms. The maximum Gasteiger partial charge on any atom is 0.326 e. The third kappa shape index (κ3) is 4.10. The highest BCUT2D eigenvalue weighted by Crippen LogP contribution is 2.10. The van der Waals surface area contributed by atoms with Gasteiger partial charge in [-0.25, -0.2) is 9.78 Å². The second-order valence-electron chi connectivity index (χ2n) is 4.30. The van der Waals surface area contributed by atoms with E-state index in [1.807, 2.05) is 26.2 Å². The van der Waals surface area contributed by atoms with E-state index in [2.05, 4.69) is 10.3 Å². The SMILES string of the molecule is CC[C@H](C)[C@H](NC(=O)Cc1csc(C)n1)C(=O)O. The van der Waals surface area contributed by atoms with Crippen molar-refractivity contribution in [3.8, 4) is 0 Å². The summed E-state index contributed by atoms with van der Waals surface area (Å²) in [5, 5.41) is 14.3. The third-order valence-corrected chi connectivity index (χ3v) is 3.63. The van der Waals surface area contributed by atoms with Gasteiger partial charge in [0.25, 0.3) is 0 Å². The molecule has 0 fully saturated rings. The number of carbonyl (C=O) groups excluding carboxylic acids is 1. The number of aryl methyl sites for hydroxylation is 1.